The molecule has 0 amide bonds. The number of aryl methyl sites for hydroxylation is 1. The third-order valence-corrected chi connectivity index (χ3v) is 5.63. The molecule has 1 aromatic rings. The predicted molar refractivity (Wildman–Crippen MR) is 102 cm³/mol. The predicted octanol–water partition coefficient (Wildman–Crippen LogP) is 5.69. The third-order valence-electron chi connectivity index (χ3n) is 4.48. The number of nitrogens with zero attached hydrogens (tertiary/aromatic N) is 1. The van der Waals surface area contributed by atoms with Crippen molar-refractivity contribution < 1.29 is 4.39 Å². The fraction of sp³-hybridized carbons (Fsp3) is 0.444. The zero-order chi connectivity index (χ0) is 18.1. The Morgan fingerprint density at radius 2 is 2.17 bits per heavy atom. The average Bonchev–Trinajstić information content (AvgIpc) is 2.50. The van der Waals surface area contributed by atoms with Crippen molar-refractivity contribution in [2.45, 2.75) is 33.6 Å². The molecule has 6 heteroatoms. The third kappa shape index (κ3) is 3.35. The van der Waals surface area contributed by atoms with Crippen molar-refractivity contribution in [3.05, 3.63) is 55.3 Å². The average molecular weight is 416 g/mol. The number of nitroso groups, excluding NO2 is 1. The van der Waals surface area contributed by atoms with Gasteiger partial charge in [-0.3, -0.25) is 0 Å². The minimum atomic E-state index is -0.337. The van der Waals surface area contributed by atoms with Gasteiger partial charge >= 0.3 is 0 Å². The largest absolute Gasteiger partial charge is 0.315 e. The standard InChI is InChI=1S/C18H21BrClFN2O/c1-5-6-12-13(7-10(2)15(19)16(12)21)14(17(23-24)11(3)20)18(4)8-22-9-18/h7,22H,3,5-6,8-9H2,1-2,4H3/b17-14-. The van der Waals surface area contributed by atoms with Crippen LogP contribution in [0.5, 0.6) is 0 Å². The van der Waals surface area contributed by atoms with Crippen LogP contribution in [0, 0.1) is 23.1 Å². The van der Waals surface area contributed by atoms with E-state index in [4.69, 9.17) is 11.6 Å². The summed E-state index contributed by atoms with van der Waals surface area (Å²) in [6.07, 6.45) is 1.35. The van der Waals surface area contributed by atoms with E-state index in [1.165, 1.54) is 0 Å². The number of benzene rings is 1. The van der Waals surface area contributed by atoms with Crippen LogP contribution in [0.15, 0.2) is 33.0 Å². The minimum Gasteiger partial charge on any atom is -0.315 e. The summed E-state index contributed by atoms with van der Waals surface area (Å²) in [5, 5.41) is 6.42. The van der Waals surface area contributed by atoms with E-state index in [-0.39, 0.29) is 22.0 Å². The normalized spacial score (nSPS) is 17.1. The fourth-order valence-electron chi connectivity index (χ4n) is 3.15. The smallest absolute Gasteiger partial charge is 0.141 e. The summed E-state index contributed by atoms with van der Waals surface area (Å²) in [5.74, 6) is -0.286. The van der Waals surface area contributed by atoms with E-state index in [9.17, 15) is 9.30 Å². The number of hydrogen-bond acceptors (Lipinski definition) is 3. The molecular weight excluding hydrogens is 395 g/mol. The second-order valence-corrected chi connectivity index (χ2v) is 7.73. The maximum Gasteiger partial charge on any atom is 0.141 e. The van der Waals surface area contributed by atoms with Crippen molar-refractivity contribution in [3.63, 3.8) is 0 Å². The van der Waals surface area contributed by atoms with Crippen molar-refractivity contribution >= 4 is 33.1 Å². The molecule has 1 aromatic carbocycles. The van der Waals surface area contributed by atoms with Gasteiger partial charge < -0.3 is 5.32 Å². The first-order valence-corrected chi connectivity index (χ1v) is 9.05. The van der Waals surface area contributed by atoms with Gasteiger partial charge in [-0.2, -0.15) is 0 Å². The van der Waals surface area contributed by atoms with Gasteiger partial charge in [-0.15, -0.1) is 4.91 Å². The molecule has 0 unspecified atom stereocenters. The van der Waals surface area contributed by atoms with Gasteiger partial charge in [0.1, 0.15) is 11.5 Å². The Morgan fingerprint density at radius 1 is 1.54 bits per heavy atom. The van der Waals surface area contributed by atoms with Crippen LogP contribution in [0.25, 0.3) is 5.57 Å². The molecule has 0 spiro atoms. The van der Waals surface area contributed by atoms with Crippen LogP contribution in [-0.4, -0.2) is 13.1 Å². The van der Waals surface area contributed by atoms with Crippen LogP contribution in [-0.2, 0) is 6.42 Å². The van der Waals surface area contributed by atoms with Crippen LogP contribution >= 0.6 is 27.5 Å². The number of hydrogen-bond donors (Lipinski definition) is 1. The van der Waals surface area contributed by atoms with Gasteiger partial charge in [-0.25, -0.2) is 4.39 Å². The Bertz CT molecular complexity index is 726. The lowest BCUT2D eigenvalue weighted by atomic mass is 9.71. The lowest BCUT2D eigenvalue weighted by Gasteiger charge is -2.42. The van der Waals surface area contributed by atoms with Gasteiger partial charge in [0.05, 0.1) is 9.51 Å². The maximum atomic E-state index is 14.9. The maximum absolute atomic E-state index is 14.9. The van der Waals surface area contributed by atoms with Crippen molar-refractivity contribution in [2.24, 2.45) is 10.6 Å². The van der Waals surface area contributed by atoms with Crippen molar-refractivity contribution in [1.29, 1.82) is 0 Å². The van der Waals surface area contributed by atoms with Crippen LogP contribution in [0.4, 0.5) is 4.39 Å². The lowest BCUT2D eigenvalue weighted by Crippen LogP contribution is -2.52. The first-order valence-electron chi connectivity index (χ1n) is 7.88. The van der Waals surface area contributed by atoms with Crippen LogP contribution in [0.2, 0.25) is 0 Å². The van der Waals surface area contributed by atoms with Gasteiger partial charge in [-0.1, -0.05) is 44.5 Å². The SMILES string of the molecule is C=C(Cl)/C(N=O)=C(\c1cc(C)c(Br)c(F)c1CCC)C1(C)CNC1. The Hall–Kier alpha value is -1.04. The summed E-state index contributed by atoms with van der Waals surface area (Å²) in [7, 11) is 0. The topological polar surface area (TPSA) is 41.5 Å². The zero-order valence-corrected chi connectivity index (χ0v) is 16.4. The summed E-state index contributed by atoms with van der Waals surface area (Å²) in [4.78, 5) is 11.5. The minimum absolute atomic E-state index is 0.0801. The molecule has 1 aliphatic heterocycles. The highest BCUT2D eigenvalue weighted by molar-refractivity contribution is 9.10. The number of rotatable bonds is 6. The van der Waals surface area contributed by atoms with Gasteiger partial charge in [0.15, 0.2) is 0 Å². The second kappa shape index (κ2) is 7.46. The lowest BCUT2D eigenvalue weighted by molar-refractivity contribution is 0.282. The van der Waals surface area contributed by atoms with E-state index < -0.39 is 0 Å². The highest BCUT2D eigenvalue weighted by Gasteiger charge is 2.40. The Labute approximate surface area is 155 Å². The molecule has 1 heterocycles. The van der Waals surface area contributed by atoms with Crippen LogP contribution in [0.3, 0.4) is 0 Å². The Morgan fingerprint density at radius 3 is 2.58 bits per heavy atom. The molecule has 1 aliphatic rings. The first kappa shape index (κ1) is 19.3. The molecule has 2 rings (SSSR count). The highest BCUT2D eigenvalue weighted by atomic mass is 79.9. The summed E-state index contributed by atoms with van der Waals surface area (Å²) in [6.45, 7) is 10.9. The molecule has 0 aromatic heterocycles. The Kier molecular flexibility index (Phi) is 6.00. The molecule has 0 radical (unpaired) electrons. The van der Waals surface area contributed by atoms with Crippen molar-refractivity contribution in [2.75, 3.05) is 13.1 Å². The van der Waals surface area contributed by atoms with Gasteiger partial charge in [0.2, 0.25) is 0 Å². The van der Waals surface area contributed by atoms with Crippen LogP contribution in [0.1, 0.15) is 37.0 Å². The molecular formula is C18H21BrClFN2O. The monoisotopic (exact) mass is 414 g/mol. The summed E-state index contributed by atoms with van der Waals surface area (Å²) in [6, 6.07) is 1.90. The molecule has 1 fully saturated rings. The molecule has 1 saturated heterocycles. The summed E-state index contributed by atoms with van der Waals surface area (Å²) in [5.41, 5.74) is 2.50. The van der Waals surface area contributed by atoms with E-state index in [0.29, 0.717) is 40.7 Å². The summed E-state index contributed by atoms with van der Waals surface area (Å²) < 4.78 is 15.4. The number of halogens is 3. The molecule has 0 saturated carbocycles. The van der Waals surface area contributed by atoms with E-state index >= 15 is 0 Å². The molecule has 3 nitrogen and oxygen atoms in total. The van der Waals surface area contributed by atoms with Crippen molar-refractivity contribution in [3.8, 4) is 0 Å². The van der Waals surface area contributed by atoms with Gasteiger partial charge in [0.25, 0.3) is 0 Å². The molecule has 130 valence electrons. The van der Waals surface area contributed by atoms with Gasteiger partial charge in [-0.05, 0) is 56.7 Å². The number of allylic oxidation sites excluding steroid dienone is 1. The zero-order valence-electron chi connectivity index (χ0n) is 14.1. The molecule has 24 heavy (non-hydrogen) atoms. The quantitative estimate of drug-likeness (QED) is 0.479. The fourth-order valence-corrected chi connectivity index (χ4v) is 3.64. The summed E-state index contributed by atoms with van der Waals surface area (Å²) >= 11 is 9.36. The molecule has 0 atom stereocenters. The molecule has 1 N–H and O–H groups in total. The van der Waals surface area contributed by atoms with Crippen LogP contribution < -0.4 is 5.32 Å². The highest BCUT2D eigenvalue weighted by Crippen LogP contribution is 2.45. The van der Waals surface area contributed by atoms with E-state index in [1.807, 2.05) is 26.8 Å². The van der Waals surface area contributed by atoms with E-state index in [2.05, 4.69) is 33.0 Å². The molecule has 0 bridgehead atoms. The van der Waals surface area contributed by atoms with E-state index in [0.717, 1.165) is 12.0 Å². The first-order chi connectivity index (χ1) is 11.3. The Balaban J connectivity index is 2.85. The van der Waals surface area contributed by atoms with Crippen molar-refractivity contribution in [1.82, 2.24) is 5.32 Å². The second-order valence-electron chi connectivity index (χ2n) is 6.48. The molecule has 0 aliphatic carbocycles. The van der Waals surface area contributed by atoms with E-state index in [1.54, 1.807) is 0 Å². The van der Waals surface area contributed by atoms with Gasteiger partial charge in [0, 0.05) is 18.5 Å². The number of nitrogens with one attached hydrogen (secondary N) is 1.